The lowest BCUT2D eigenvalue weighted by Crippen LogP contribution is -2.36. The molecule has 1 saturated heterocycles. The highest BCUT2D eigenvalue weighted by Crippen LogP contribution is 2.33. The molecule has 1 heterocycles. The third kappa shape index (κ3) is 3.44. The van der Waals surface area contributed by atoms with Gasteiger partial charge in [-0.1, -0.05) is 30.3 Å². The summed E-state index contributed by atoms with van der Waals surface area (Å²) in [7, 11) is 0. The van der Waals surface area contributed by atoms with E-state index in [1.165, 1.54) is 0 Å². The number of halogens is 2. The van der Waals surface area contributed by atoms with Crippen molar-refractivity contribution in [3.8, 4) is 6.07 Å². The van der Waals surface area contributed by atoms with Gasteiger partial charge in [0.15, 0.2) is 0 Å². The molecule has 1 aromatic carbocycles. The number of likely N-dealkylation sites (tertiary alicyclic amines) is 1. The van der Waals surface area contributed by atoms with Crippen molar-refractivity contribution in [1.82, 2.24) is 4.90 Å². The molecule has 1 atom stereocenters. The summed E-state index contributed by atoms with van der Waals surface area (Å²) in [5.41, 5.74) is 0.781. The highest BCUT2D eigenvalue weighted by atomic mass is 19.3. The van der Waals surface area contributed by atoms with Crippen molar-refractivity contribution in [2.24, 2.45) is 0 Å². The maximum absolute atomic E-state index is 13.3. The molecule has 6 heteroatoms. The molecule has 106 valence electrons. The highest BCUT2D eigenvalue weighted by molar-refractivity contribution is 5.68. The third-order valence-electron chi connectivity index (χ3n) is 3.14. The number of carbonyl (C=O) groups excluding carboxylic acids is 1. The van der Waals surface area contributed by atoms with Crippen LogP contribution in [0.2, 0.25) is 0 Å². The predicted molar refractivity (Wildman–Crippen MR) is 66.9 cm³/mol. The first-order valence-electron chi connectivity index (χ1n) is 6.24. The second kappa shape index (κ2) is 5.87. The molecule has 4 nitrogen and oxygen atoms in total. The number of hydrogen-bond acceptors (Lipinski definition) is 3. The van der Waals surface area contributed by atoms with Gasteiger partial charge in [-0.15, -0.1) is 0 Å². The Hall–Kier alpha value is -2.16. The van der Waals surface area contributed by atoms with Gasteiger partial charge in [0.05, 0.1) is 25.1 Å². The number of ether oxygens (including phenoxy) is 1. The van der Waals surface area contributed by atoms with E-state index in [4.69, 9.17) is 10.00 Å². The summed E-state index contributed by atoms with van der Waals surface area (Å²) in [6.07, 6.45) is -1.40. The van der Waals surface area contributed by atoms with Crippen LogP contribution in [0.1, 0.15) is 18.4 Å². The maximum atomic E-state index is 13.3. The first-order valence-corrected chi connectivity index (χ1v) is 6.24. The highest BCUT2D eigenvalue weighted by Gasteiger charge is 2.47. The normalized spacial score (nSPS) is 20.4. The topological polar surface area (TPSA) is 53.3 Å². The van der Waals surface area contributed by atoms with Gasteiger partial charge in [-0.2, -0.15) is 5.26 Å². The number of hydrogen-bond donors (Lipinski definition) is 0. The van der Waals surface area contributed by atoms with E-state index < -0.39 is 31.0 Å². The molecule has 1 aromatic rings. The Morgan fingerprint density at radius 2 is 2.15 bits per heavy atom. The van der Waals surface area contributed by atoms with Crippen molar-refractivity contribution in [1.29, 1.82) is 5.26 Å². The van der Waals surface area contributed by atoms with Crippen molar-refractivity contribution >= 4 is 6.09 Å². The smallest absolute Gasteiger partial charge is 0.410 e. The van der Waals surface area contributed by atoms with Crippen molar-refractivity contribution in [2.45, 2.75) is 31.4 Å². The van der Waals surface area contributed by atoms with Crippen LogP contribution < -0.4 is 0 Å². The zero-order valence-electron chi connectivity index (χ0n) is 10.8. The summed E-state index contributed by atoms with van der Waals surface area (Å²) in [5.74, 6) is -2.95. The fourth-order valence-corrected chi connectivity index (χ4v) is 2.20. The predicted octanol–water partition coefficient (Wildman–Crippen LogP) is 2.95. The molecular weight excluding hydrogens is 266 g/mol. The van der Waals surface area contributed by atoms with Gasteiger partial charge in [0.25, 0.3) is 5.92 Å². The van der Waals surface area contributed by atoms with Gasteiger partial charge in [-0.3, -0.25) is 4.90 Å². The van der Waals surface area contributed by atoms with Crippen LogP contribution in [-0.4, -0.2) is 29.5 Å². The SMILES string of the molecule is N#CC[C@@H]1CC(F)(F)CN1C(=O)OCc1ccccc1. The monoisotopic (exact) mass is 280 g/mol. The third-order valence-corrected chi connectivity index (χ3v) is 3.14. The molecule has 1 aliphatic heterocycles. The van der Waals surface area contributed by atoms with E-state index in [1.807, 2.05) is 12.1 Å². The van der Waals surface area contributed by atoms with Crippen LogP contribution in [-0.2, 0) is 11.3 Å². The first kappa shape index (κ1) is 14.3. The van der Waals surface area contributed by atoms with E-state index in [9.17, 15) is 13.6 Å². The average Bonchev–Trinajstić information content (AvgIpc) is 2.73. The molecular formula is C14H14F2N2O2. The molecule has 0 spiro atoms. The van der Waals surface area contributed by atoms with Crippen molar-refractivity contribution in [3.63, 3.8) is 0 Å². The Morgan fingerprint density at radius 1 is 1.45 bits per heavy atom. The van der Waals surface area contributed by atoms with Gasteiger partial charge in [-0.25, -0.2) is 13.6 Å². The largest absolute Gasteiger partial charge is 0.445 e. The summed E-state index contributed by atoms with van der Waals surface area (Å²) in [6, 6.07) is 10.0. The summed E-state index contributed by atoms with van der Waals surface area (Å²) >= 11 is 0. The summed E-state index contributed by atoms with van der Waals surface area (Å²) in [6.45, 7) is -0.659. The lowest BCUT2D eigenvalue weighted by molar-refractivity contribution is 0.0101. The zero-order valence-corrected chi connectivity index (χ0v) is 10.8. The number of nitriles is 1. The zero-order chi connectivity index (χ0) is 14.6. The molecule has 0 aromatic heterocycles. The minimum atomic E-state index is -2.95. The first-order chi connectivity index (χ1) is 9.52. The van der Waals surface area contributed by atoms with Crippen LogP contribution in [0.5, 0.6) is 0 Å². The molecule has 0 radical (unpaired) electrons. The molecule has 20 heavy (non-hydrogen) atoms. The second-order valence-corrected chi connectivity index (χ2v) is 4.74. The van der Waals surface area contributed by atoms with Gasteiger partial charge in [0.2, 0.25) is 0 Å². The lowest BCUT2D eigenvalue weighted by atomic mass is 10.1. The molecule has 0 N–H and O–H groups in total. The minimum absolute atomic E-state index is 0.0288. The molecule has 1 aliphatic rings. The molecule has 0 saturated carbocycles. The van der Waals surface area contributed by atoms with Crippen molar-refractivity contribution in [2.75, 3.05) is 6.54 Å². The number of nitrogens with zero attached hydrogens (tertiary/aromatic N) is 2. The van der Waals surface area contributed by atoms with E-state index in [0.29, 0.717) is 0 Å². The van der Waals surface area contributed by atoms with Gasteiger partial charge >= 0.3 is 6.09 Å². The summed E-state index contributed by atoms with van der Waals surface area (Å²) in [4.78, 5) is 12.8. The summed E-state index contributed by atoms with van der Waals surface area (Å²) < 4.78 is 31.7. The molecule has 1 amide bonds. The van der Waals surface area contributed by atoms with Crippen LogP contribution in [0.25, 0.3) is 0 Å². The van der Waals surface area contributed by atoms with Crippen molar-refractivity contribution in [3.05, 3.63) is 35.9 Å². The Morgan fingerprint density at radius 3 is 2.80 bits per heavy atom. The number of benzene rings is 1. The van der Waals surface area contributed by atoms with Gasteiger partial charge in [0, 0.05) is 6.42 Å². The number of alkyl halides is 2. The van der Waals surface area contributed by atoms with Gasteiger partial charge < -0.3 is 4.74 Å². The second-order valence-electron chi connectivity index (χ2n) is 4.74. The number of carbonyl (C=O) groups is 1. The van der Waals surface area contributed by atoms with Crippen LogP contribution in [0, 0.1) is 11.3 Å². The number of rotatable bonds is 3. The van der Waals surface area contributed by atoms with E-state index >= 15 is 0 Å². The van der Waals surface area contributed by atoms with Crippen LogP contribution >= 0.6 is 0 Å². The molecule has 2 rings (SSSR count). The molecule has 1 fully saturated rings. The Bertz CT molecular complexity index is 514. The van der Waals surface area contributed by atoms with E-state index in [1.54, 1.807) is 24.3 Å². The van der Waals surface area contributed by atoms with Gasteiger partial charge in [-0.05, 0) is 5.56 Å². The standard InChI is InChI=1S/C14H14F2N2O2/c15-14(16)8-12(6-7-17)18(10-14)13(19)20-9-11-4-2-1-3-5-11/h1-5,12H,6,8-10H2/t12-/m1/s1. The minimum Gasteiger partial charge on any atom is -0.445 e. The maximum Gasteiger partial charge on any atom is 0.410 e. The fourth-order valence-electron chi connectivity index (χ4n) is 2.20. The van der Waals surface area contributed by atoms with E-state index in [-0.39, 0.29) is 13.0 Å². The van der Waals surface area contributed by atoms with E-state index in [0.717, 1.165) is 10.5 Å². The average molecular weight is 280 g/mol. The Balaban J connectivity index is 1.96. The van der Waals surface area contributed by atoms with Crippen LogP contribution in [0.15, 0.2) is 30.3 Å². The number of amides is 1. The Labute approximate surface area is 115 Å². The molecule has 0 bridgehead atoms. The van der Waals surface area contributed by atoms with Crippen molar-refractivity contribution < 1.29 is 18.3 Å². The summed E-state index contributed by atoms with van der Waals surface area (Å²) in [5, 5.41) is 8.63. The Kier molecular flexibility index (Phi) is 4.18. The van der Waals surface area contributed by atoms with Gasteiger partial charge in [0.1, 0.15) is 6.61 Å². The van der Waals surface area contributed by atoms with Crippen LogP contribution in [0.3, 0.4) is 0 Å². The lowest BCUT2D eigenvalue weighted by Gasteiger charge is -2.21. The van der Waals surface area contributed by atoms with E-state index in [2.05, 4.69) is 0 Å². The van der Waals surface area contributed by atoms with Crippen LogP contribution in [0.4, 0.5) is 13.6 Å². The quantitative estimate of drug-likeness (QED) is 0.855. The molecule has 0 unspecified atom stereocenters. The fraction of sp³-hybridized carbons (Fsp3) is 0.429. The molecule has 0 aliphatic carbocycles.